The zero-order valence-corrected chi connectivity index (χ0v) is 11.9. The number of hydrogen-bond donors (Lipinski definition) is 2. The van der Waals surface area contributed by atoms with Crippen molar-refractivity contribution >= 4 is 5.96 Å². The normalized spacial score (nSPS) is 23.9. The molecule has 3 nitrogen and oxygen atoms in total. The van der Waals surface area contributed by atoms with Gasteiger partial charge in [0.05, 0.1) is 0 Å². The van der Waals surface area contributed by atoms with Crippen molar-refractivity contribution in [2.75, 3.05) is 13.6 Å². The van der Waals surface area contributed by atoms with E-state index in [-0.39, 0.29) is 0 Å². The lowest BCUT2D eigenvalue weighted by Crippen LogP contribution is -2.41. The Morgan fingerprint density at radius 1 is 1.29 bits per heavy atom. The highest BCUT2D eigenvalue weighted by molar-refractivity contribution is 5.80. The van der Waals surface area contributed by atoms with E-state index >= 15 is 0 Å². The Balaban J connectivity index is 2.21. The van der Waals surface area contributed by atoms with Crippen LogP contribution in [0, 0.1) is 11.8 Å². The van der Waals surface area contributed by atoms with E-state index in [1.807, 2.05) is 7.05 Å². The Morgan fingerprint density at radius 3 is 2.53 bits per heavy atom. The zero-order chi connectivity index (χ0) is 12.7. The minimum Gasteiger partial charge on any atom is -0.356 e. The molecule has 0 aromatic heterocycles. The fourth-order valence-electron chi connectivity index (χ4n) is 2.30. The van der Waals surface area contributed by atoms with Gasteiger partial charge in [-0.1, -0.05) is 40.0 Å². The summed E-state index contributed by atoms with van der Waals surface area (Å²) in [6, 6.07) is 0.669. The van der Waals surface area contributed by atoms with Crippen LogP contribution in [0.3, 0.4) is 0 Å². The van der Waals surface area contributed by atoms with Gasteiger partial charge in [-0.05, 0) is 24.7 Å². The Bertz CT molecular complexity index is 234. The maximum Gasteiger partial charge on any atom is 0.191 e. The van der Waals surface area contributed by atoms with Gasteiger partial charge in [-0.25, -0.2) is 0 Å². The third kappa shape index (κ3) is 4.97. The smallest absolute Gasteiger partial charge is 0.191 e. The quantitative estimate of drug-likeness (QED) is 0.529. The van der Waals surface area contributed by atoms with Crippen LogP contribution < -0.4 is 10.6 Å². The molecular weight excluding hydrogens is 210 g/mol. The van der Waals surface area contributed by atoms with Gasteiger partial charge in [0.15, 0.2) is 5.96 Å². The van der Waals surface area contributed by atoms with Gasteiger partial charge in [0, 0.05) is 19.6 Å². The summed E-state index contributed by atoms with van der Waals surface area (Å²) < 4.78 is 0. The van der Waals surface area contributed by atoms with Gasteiger partial charge in [-0.3, -0.25) is 4.99 Å². The molecule has 0 amide bonds. The van der Waals surface area contributed by atoms with Crippen LogP contribution in [-0.2, 0) is 0 Å². The van der Waals surface area contributed by atoms with Crippen LogP contribution in [-0.4, -0.2) is 25.6 Å². The summed E-state index contributed by atoms with van der Waals surface area (Å²) >= 11 is 0. The van der Waals surface area contributed by atoms with Crippen LogP contribution in [0.5, 0.6) is 0 Å². The van der Waals surface area contributed by atoms with Crippen LogP contribution in [0.2, 0.25) is 0 Å². The fourth-order valence-corrected chi connectivity index (χ4v) is 2.30. The predicted molar refractivity (Wildman–Crippen MR) is 75.4 cm³/mol. The number of nitrogens with zero attached hydrogens (tertiary/aromatic N) is 1. The summed E-state index contributed by atoms with van der Waals surface area (Å²) in [6.45, 7) is 7.81. The van der Waals surface area contributed by atoms with Gasteiger partial charge in [0.1, 0.15) is 0 Å². The molecule has 0 saturated heterocycles. The molecule has 0 radical (unpaired) electrons. The second-order valence-corrected chi connectivity index (χ2v) is 5.17. The maximum absolute atomic E-state index is 4.30. The molecule has 1 rings (SSSR count). The lowest BCUT2D eigenvalue weighted by Gasteiger charge is -2.16. The minimum absolute atomic E-state index is 0.669. The summed E-state index contributed by atoms with van der Waals surface area (Å²) in [5, 5.41) is 6.96. The monoisotopic (exact) mass is 239 g/mol. The minimum atomic E-state index is 0.669. The molecule has 1 fully saturated rings. The number of aliphatic imine (C=N–C) groups is 1. The van der Waals surface area contributed by atoms with Gasteiger partial charge in [-0.15, -0.1) is 0 Å². The number of nitrogens with one attached hydrogen (secondary N) is 2. The average molecular weight is 239 g/mol. The number of guanidine groups is 1. The van der Waals surface area contributed by atoms with Gasteiger partial charge < -0.3 is 10.6 Å². The van der Waals surface area contributed by atoms with Crippen LogP contribution >= 0.6 is 0 Å². The highest BCUT2D eigenvalue weighted by Gasteiger charge is 2.36. The molecule has 0 aliphatic heterocycles. The molecule has 1 saturated carbocycles. The van der Waals surface area contributed by atoms with Gasteiger partial charge in [0.2, 0.25) is 0 Å². The standard InChI is InChI=1S/C14H29N3/c1-5-8-12-9-13(12)17-14(15-4)16-10-11(6-2)7-3/h11-13H,5-10H2,1-4H3,(H2,15,16,17). The van der Waals surface area contributed by atoms with E-state index in [1.165, 1.54) is 32.1 Å². The van der Waals surface area contributed by atoms with E-state index < -0.39 is 0 Å². The van der Waals surface area contributed by atoms with Gasteiger partial charge in [0.25, 0.3) is 0 Å². The Hall–Kier alpha value is -0.730. The number of rotatable bonds is 7. The van der Waals surface area contributed by atoms with Gasteiger partial charge in [-0.2, -0.15) is 0 Å². The van der Waals surface area contributed by atoms with E-state index in [4.69, 9.17) is 0 Å². The van der Waals surface area contributed by atoms with Crippen molar-refractivity contribution in [1.29, 1.82) is 0 Å². The second kappa shape index (κ2) is 7.57. The molecule has 0 aromatic rings. The molecule has 1 aliphatic carbocycles. The van der Waals surface area contributed by atoms with Crippen molar-refractivity contribution in [3.05, 3.63) is 0 Å². The highest BCUT2D eigenvalue weighted by Crippen LogP contribution is 2.34. The first-order valence-corrected chi connectivity index (χ1v) is 7.22. The first-order valence-electron chi connectivity index (χ1n) is 7.22. The topological polar surface area (TPSA) is 36.4 Å². The number of hydrogen-bond acceptors (Lipinski definition) is 1. The van der Waals surface area contributed by atoms with E-state index in [0.717, 1.165) is 24.3 Å². The molecule has 0 heterocycles. The summed E-state index contributed by atoms with van der Waals surface area (Å²) in [7, 11) is 1.86. The molecule has 2 N–H and O–H groups in total. The third-order valence-electron chi connectivity index (χ3n) is 3.84. The molecule has 17 heavy (non-hydrogen) atoms. The largest absolute Gasteiger partial charge is 0.356 e. The van der Waals surface area contributed by atoms with Crippen molar-refractivity contribution in [3.8, 4) is 0 Å². The van der Waals surface area contributed by atoms with Crippen molar-refractivity contribution in [2.45, 2.75) is 58.9 Å². The molecule has 0 spiro atoms. The van der Waals surface area contributed by atoms with E-state index in [2.05, 4.69) is 36.4 Å². The molecule has 0 bridgehead atoms. The van der Waals surface area contributed by atoms with E-state index in [0.29, 0.717) is 6.04 Å². The highest BCUT2D eigenvalue weighted by atomic mass is 15.2. The molecule has 1 aliphatic rings. The Morgan fingerprint density at radius 2 is 2.00 bits per heavy atom. The zero-order valence-electron chi connectivity index (χ0n) is 11.9. The van der Waals surface area contributed by atoms with Crippen LogP contribution in [0.15, 0.2) is 4.99 Å². The molecular formula is C14H29N3. The summed E-state index contributed by atoms with van der Waals surface area (Å²) in [4.78, 5) is 4.30. The van der Waals surface area contributed by atoms with Crippen LogP contribution in [0.1, 0.15) is 52.9 Å². The lowest BCUT2D eigenvalue weighted by atomic mass is 10.0. The Kier molecular flexibility index (Phi) is 6.38. The predicted octanol–water partition coefficient (Wildman–Crippen LogP) is 2.78. The van der Waals surface area contributed by atoms with Crippen molar-refractivity contribution < 1.29 is 0 Å². The lowest BCUT2D eigenvalue weighted by molar-refractivity contribution is 0.480. The van der Waals surface area contributed by atoms with Crippen molar-refractivity contribution in [3.63, 3.8) is 0 Å². The first kappa shape index (κ1) is 14.3. The third-order valence-corrected chi connectivity index (χ3v) is 3.84. The molecule has 2 atom stereocenters. The van der Waals surface area contributed by atoms with Crippen LogP contribution in [0.25, 0.3) is 0 Å². The van der Waals surface area contributed by atoms with E-state index in [9.17, 15) is 0 Å². The van der Waals surface area contributed by atoms with Crippen molar-refractivity contribution in [1.82, 2.24) is 10.6 Å². The van der Waals surface area contributed by atoms with Gasteiger partial charge >= 0.3 is 0 Å². The first-order chi connectivity index (χ1) is 8.24. The van der Waals surface area contributed by atoms with E-state index in [1.54, 1.807) is 0 Å². The SMILES string of the molecule is CCCC1CC1NC(=NC)NCC(CC)CC. The second-order valence-electron chi connectivity index (χ2n) is 5.17. The summed E-state index contributed by atoms with van der Waals surface area (Å²) in [6.07, 6.45) is 6.44. The molecule has 3 heteroatoms. The Labute approximate surface area is 106 Å². The maximum atomic E-state index is 4.30. The van der Waals surface area contributed by atoms with Crippen molar-refractivity contribution in [2.24, 2.45) is 16.8 Å². The average Bonchev–Trinajstić information content (AvgIpc) is 3.07. The molecule has 100 valence electrons. The van der Waals surface area contributed by atoms with Crippen LogP contribution in [0.4, 0.5) is 0 Å². The summed E-state index contributed by atoms with van der Waals surface area (Å²) in [5.41, 5.74) is 0. The molecule has 2 unspecified atom stereocenters. The fraction of sp³-hybridized carbons (Fsp3) is 0.929. The summed E-state index contributed by atoms with van der Waals surface area (Å²) in [5.74, 6) is 2.63. The molecule has 0 aromatic carbocycles.